The average molecular weight is 410 g/mol. The number of hydrogen-bond donors (Lipinski definition) is 1. The van der Waals surface area contributed by atoms with E-state index in [1.54, 1.807) is 24.4 Å². The molecule has 0 atom stereocenters. The lowest BCUT2D eigenvalue weighted by molar-refractivity contribution is -0.113. The van der Waals surface area contributed by atoms with Crippen LogP contribution in [0.5, 0.6) is 0 Å². The first-order valence-corrected chi connectivity index (χ1v) is 10.3. The van der Waals surface area contributed by atoms with Crippen LogP contribution in [0.2, 0.25) is 0 Å². The lowest BCUT2D eigenvalue weighted by Gasteiger charge is -2.07. The van der Waals surface area contributed by atoms with Crippen molar-refractivity contribution in [2.75, 3.05) is 17.7 Å². The molecule has 0 aliphatic heterocycles. The number of rotatable bonds is 7. The number of furan rings is 1. The van der Waals surface area contributed by atoms with Crippen molar-refractivity contribution >= 4 is 51.3 Å². The van der Waals surface area contributed by atoms with Crippen molar-refractivity contribution in [2.24, 2.45) is 0 Å². The topological polar surface area (TPSA) is 94.3 Å². The lowest BCUT2D eigenvalue weighted by atomic mass is 10.1. The predicted molar refractivity (Wildman–Crippen MR) is 102 cm³/mol. The van der Waals surface area contributed by atoms with Crippen molar-refractivity contribution in [3.8, 4) is 11.3 Å². The van der Waals surface area contributed by atoms with E-state index in [0.29, 0.717) is 21.9 Å². The molecule has 3 rings (SSSR count). The summed E-state index contributed by atoms with van der Waals surface area (Å²) >= 11 is 3.99. The van der Waals surface area contributed by atoms with Gasteiger partial charge in [0.25, 0.3) is 0 Å². The Morgan fingerprint density at radius 3 is 2.88 bits per heavy atom. The number of esters is 1. The van der Waals surface area contributed by atoms with Crippen molar-refractivity contribution in [3.63, 3.8) is 0 Å². The standard InChI is InChI=1S/C16H15N3O4S3/c1-3-22-15(21)13-10(11-5-4-6-23-11)7-24-14(13)17-12(20)8-25-16-19-18-9(2)26-16/h4-7H,3,8H2,1-2H3,(H,17,20). The summed E-state index contributed by atoms with van der Waals surface area (Å²) in [5.74, 6) is -0.0159. The number of thiophene rings is 1. The van der Waals surface area contributed by atoms with Gasteiger partial charge in [-0.15, -0.1) is 21.5 Å². The third-order valence-corrected chi connectivity index (χ3v) is 6.01. The summed E-state index contributed by atoms with van der Waals surface area (Å²) in [6, 6.07) is 3.49. The monoisotopic (exact) mass is 409 g/mol. The van der Waals surface area contributed by atoms with Gasteiger partial charge < -0.3 is 14.5 Å². The van der Waals surface area contributed by atoms with Gasteiger partial charge in [0.05, 0.1) is 18.6 Å². The van der Waals surface area contributed by atoms with Crippen molar-refractivity contribution in [2.45, 2.75) is 18.2 Å². The highest BCUT2D eigenvalue weighted by Gasteiger charge is 2.24. The molecule has 3 aromatic rings. The van der Waals surface area contributed by atoms with Gasteiger partial charge in [-0.25, -0.2) is 4.79 Å². The first-order chi connectivity index (χ1) is 12.6. The second-order valence-corrected chi connectivity index (χ2v) is 8.26. The number of nitrogens with one attached hydrogen (secondary N) is 1. The molecule has 0 aliphatic rings. The molecule has 0 fully saturated rings. The lowest BCUT2D eigenvalue weighted by Crippen LogP contribution is -2.16. The zero-order valence-corrected chi connectivity index (χ0v) is 16.4. The van der Waals surface area contributed by atoms with Gasteiger partial charge in [0, 0.05) is 10.9 Å². The van der Waals surface area contributed by atoms with Crippen LogP contribution in [0, 0.1) is 6.92 Å². The molecular weight excluding hydrogens is 394 g/mol. The van der Waals surface area contributed by atoms with Crippen LogP contribution in [0.4, 0.5) is 5.00 Å². The maximum Gasteiger partial charge on any atom is 0.341 e. The quantitative estimate of drug-likeness (QED) is 0.464. The Balaban J connectivity index is 1.76. The fraction of sp³-hybridized carbons (Fsp3) is 0.250. The molecule has 1 N–H and O–H groups in total. The molecule has 0 saturated heterocycles. The van der Waals surface area contributed by atoms with Crippen LogP contribution < -0.4 is 5.32 Å². The minimum absolute atomic E-state index is 0.172. The van der Waals surface area contributed by atoms with E-state index in [4.69, 9.17) is 9.15 Å². The van der Waals surface area contributed by atoms with Crippen LogP contribution >= 0.6 is 34.4 Å². The van der Waals surface area contributed by atoms with Gasteiger partial charge in [0.15, 0.2) is 4.34 Å². The molecule has 0 saturated carbocycles. The van der Waals surface area contributed by atoms with E-state index in [-0.39, 0.29) is 18.3 Å². The van der Waals surface area contributed by atoms with E-state index in [1.165, 1.54) is 40.7 Å². The van der Waals surface area contributed by atoms with Crippen molar-refractivity contribution in [1.82, 2.24) is 10.2 Å². The number of carbonyl (C=O) groups excluding carboxylic acids is 2. The van der Waals surface area contributed by atoms with Crippen LogP contribution in [-0.4, -0.2) is 34.4 Å². The van der Waals surface area contributed by atoms with E-state index in [1.807, 2.05) is 6.92 Å². The Labute approximate surface area is 161 Å². The first kappa shape index (κ1) is 18.6. The third-order valence-electron chi connectivity index (χ3n) is 3.14. The van der Waals surface area contributed by atoms with Crippen LogP contribution in [0.15, 0.2) is 32.5 Å². The summed E-state index contributed by atoms with van der Waals surface area (Å²) in [5.41, 5.74) is 0.901. The Hall–Kier alpha value is -2.17. The highest BCUT2D eigenvalue weighted by atomic mass is 32.2. The Kier molecular flexibility index (Phi) is 6.07. The highest BCUT2D eigenvalue weighted by molar-refractivity contribution is 8.01. The van der Waals surface area contributed by atoms with Gasteiger partial charge >= 0.3 is 5.97 Å². The van der Waals surface area contributed by atoms with Crippen LogP contribution in [-0.2, 0) is 9.53 Å². The smallest absolute Gasteiger partial charge is 0.341 e. The molecule has 0 bridgehead atoms. The molecule has 1 amide bonds. The minimum atomic E-state index is -0.497. The summed E-state index contributed by atoms with van der Waals surface area (Å²) in [4.78, 5) is 24.7. The largest absolute Gasteiger partial charge is 0.464 e. The maximum absolute atomic E-state index is 12.4. The molecule has 7 nitrogen and oxygen atoms in total. The van der Waals surface area contributed by atoms with Gasteiger partial charge in [-0.3, -0.25) is 4.79 Å². The molecule has 0 unspecified atom stereocenters. The molecular formula is C16H15N3O4S3. The van der Waals surface area contributed by atoms with Crippen molar-refractivity contribution < 1.29 is 18.7 Å². The number of aryl methyl sites for hydroxylation is 1. The number of amides is 1. The Morgan fingerprint density at radius 1 is 1.38 bits per heavy atom. The number of thioether (sulfide) groups is 1. The summed E-state index contributed by atoms with van der Waals surface area (Å²) in [6.07, 6.45) is 1.53. The fourth-order valence-electron chi connectivity index (χ4n) is 2.10. The molecule has 0 aromatic carbocycles. The van der Waals surface area contributed by atoms with Crippen molar-refractivity contribution in [3.05, 3.63) is 34.3 Å². The molecule has 136 valence electrons. The summed E-state index contributed by atoms with van der Waals surface area (Å²) in [7, 11) is 0. The zero-order chi connectivity index (χ0) is 18.5. The molecule has 3 aromatic heterocycles. The highest BCUT2D eigenvalue weighted by Crippen LogP contribution is 2.36. The van der Waals surface area contributed by atoms with Gasteiger partial charge in [-0.1, -0.05) is 23.1 Å². The predicted octanol–water partition coefficient (Wildman–Crippen LogP) is 4.08. The second-order valence-electron chi connectivity index (χ2n) is 4.98. The normalized spacial score (nSPS) is 10.7. The molecule has 0 spiro atoms. The number of nitrogens with zero attached hydrogens (tertiary/aromatic N) is 2. The summed E-state index contributed by atoms with van der Waals surface area (Å²) in [6.45, 7) is 3.83. The number of anilines is 1. The zero-order valence-electron chi connectivity index (χ0n) is 14.0. The van der Waals surface area contributed by atoms with E-state index in [9.17, 15) is 9.59 Å². The number of ether oxygens (including phenoxy) is 1. The van der Waals surface area contributed by atoms with E-state index >= 15 is 0 Å². The maximum atomic E-state index is 12.4. The van der Waals surface area contributed by atoms with Crippen LogP contribution in [0.25, 0.3) is 11.3 Å². The van der Waals surface area contributed by atoms with E-state index < -0.39 is 5.97 Å². The second kappa shape index (κ2) is 8.47. The van der Waals surface area contributed by atoms with E-state index in [0.717, 1.165) is 9.35 Å². The van der Waals surface area contributed by atoms with E-state index in [2.05, 4.69) is 15.5 Å². The van der Waals surface area contributed by atoms with Gasteiger partial charge in [0.1, 0.15) is 21.3 Å². The van der Waals surface area contributed by atoms with Crippen LogP contribution in [0.3, 0.4) is 0 Å². The van der Waals surface area contributed by atoms with Crippen LogP contribution in [0.1, 0.15) is 22.3 Å². The molecule has 3 heterocycles. The van der Waals surface area contributed by atoms with Gasteiger partial charge in [-0.2, -0.15) is 0 Å². The molecule has 10 heteroatoms. The Morgan fingerprint density at radius 2 is 2.23 bits per heavy atom. The fourth-order valence-corrected chi connectivity index (χ4v) is 4.66. The summed E-state index contributed by atoms with van der Waals surface area (Å²) in [5, 5.41) is 13.7. The van der Waals surface area contributed by atoms with Gasteiger partial charge in [-0.05, 0) is 26.0 Å². The van der Waals surface area contributed by atoms with Crippen molar-refractivity contribution in [1.29, 1.82) is 0 Å². The first-order valence-electron chi connectivity index (χ1n) is 7.63. The Bertz CT molecular complexity index is 902. The number of carbonyl (C=O) groups is 2. The average Bonchev–Trinajstić information content (AvgIpc) is 3.33. The minimum Gasteiger partial charge on any atom is -0.464 e. The number of hydrogen-bond acceptors (Lipinski definition) is 9. The molecule has 0 radical (unpaired) electrons. The molecule has 26 heavy (non-hydrogen) atoms. The third kappa shape index (κ3) is 4.32. The molecule has 0 aliphatic carbocycles. The number of aromatic nitrogens is 2. The SMILES string of the molecule is CCOC(=O)c1c(-c2ccco2)csc1NC(=O)CSc1nnc(C)s1. The summed E-state index contributed by atoms with van der Waals surface area (Å²) < 4.78 is 11.2. The van der Waals surface area contributed by atoms with Gasteiger partial charge in [0.2, 0.25) is 5.91 Å².